The largest absolute Gasteiger partial charge is 0.371 e. The fourth-order valence-electron chi connectivity index (χ4n) is 2.54. The highest BCUT2D eigenvalue weighted by atomic mass is 16.3. The molecule has 0 aromatic heterocycles. The van der Waals surface area contributed by atoms with Gasteiger partial charge in [-0.2, -0.15) is 0 Å². The maximum Gasteiger partial charge on any atom is 0.188 e. The van der Waals surface area contributed by atoms with E-state index in [0.717, 1.165) is 5.56 Å². The Balaban J connectivity index is 2.19. The van der Waals surface area contributed by atoms with Crippen molar-refractivity contribution >= 4 is 11.6 Å². The van der Waals surface area contributed by atoms with Crippen molar-refractivity contribution in [3.63, 3.8) is 0 Å². The van der Waals surface area contributed by atoms with Crippen LogP contribution in [0, 0.1) is 5.92 Å². The molecule has 4 nitrogen and oxygen atoms in total. The molecular formula is C14H17NO3. The molecule has 1 aliphatic rings. The Morgan fingerprint density at radius 2 is 1.94 bits per heavy atom. The molecule has 1 saturated heterocycles. The van der Waals surface area contributed by atoms with Crippen molar-refractivity contribution in [2.75, 3.05) is 0 Å². The number of nitrogens with zero attached hydrogens (tertiary/aromatic N) is 1. The molecule has 1 aromatic rings. The number of hydrogen-bond donors (Lipinski definition) is 1. The molecule has 0 aliphatic carbocycles. The second-order valence-corrected chi connectivity index (χ2v) is 4.76. The molecule has 3 atom stereocenters. The van der Waals surface area contributed by atoms with Crippen LogP contribution < -0.4 is 0 Å². The Hall–Kier alpha value is -1.52. The Morgan fingerprint density at radius 1 is 1.33 bits per heavy atom. The van der Waals surface area contributed by atoms with E-state index in [0.29, 0.717) is 6.54 Å². The van der Waals surface area contributed by atoms with E-state index < -0.39 is 12.1 Å². The second-order valence-electron chi connectivity index (χ2n) is 4.76. The lowest BCUT2D eigenvalue weighted by Crippen LogP contribution is -2.36. The maximum absolute atomic E-state index is 11.8. The van der Waals surface area contributed by atoms with E-state index in [1.165, 1.54) is 6.92 Å². The highest BCUT2D eigenvalue weighted by molar-refractivity contribution is 6.05. The zero-order valence-corrected chi connectivity index (χ0v) is 10.5. The third-order valence-electron chi connectivity index (χ3n) is 3.53. The van der Waals surface area contributed by atoms with E-state index in [4.69, 9.17) is 0 Å². The smallest absolute Gasteiger partial charge is 0.188 e. The van der Waals surface area contributed by atoms with Gasteiger partial charge in [-0.15, -0.1) is 0 Å². The van der Waals surface area contributed by atoms with Gasteiger partial charge in [0, 0.05) is 12.6 Å². The van der Waals surface area contributed by atoms with Crippen molar-refractivity contribution in [1.82, 2.24) is 4.90 Å². The van der Waals surface area contributed by atoms with Crippen LogP contribution in [0.5, 0.6) is 0 Å². The predicted molar refractivity (Wildman–Crippen MR) is 66.6 cm³/mol. The SMILES string of the molecule is CC(=O)C1C(=O)C(O)N(Cc2ccccc2)C1C. The third kappa shape index (κ3) is 2.21. The van der Waals surface area contributed by atoms with Crippen molar-refractivity contribution in [2.24, 2.45) is 5.92 Å². The van der Waals surface area contributed by atoms with Crippen molar-refractivity contribution in [2.45, 2.75) is 32.7 Å². The molecule has 0 radical (unpaired) electrons. The molecule has 96 valence electrons. The summed E-state index contributed by atoms with van der Waals surface area (Å²) >= 11 is 0. The lowest BCUT2D eigenvalue weighted by Gasteiger charge is -2.24. The summed E-state index contributed by atoms with van der Waals surface area (Å²) in [4.78, 5) is 25.0. The first-order valence-corrected chi connectivity index (χ1v) is 6.04. The summed E-state index contributed by atoms with van der Waals surface area (Å²) in [5.74, 6) is -1.27. The van der Waals surface area contributed by atoms with E-state index in [-0.39, 0.29) is 17.6 Å². The fourth-order valence-corrected chi connectivity index (χ4v) is 2.54. The number of aliphatic hydroxyl groups is 1. The summed E-state index contributed by atoms with van der Waals surface area (Å²) in [6.07, 6.45) is -1.17. The van der Waals surface area contributed by atoms with Gasteiger partial charge in [-0.3, -0.25) is 14.5 Å². The van der Waals surface area contributed by atoms with Gasteiger partial charge in [-0.1, -0.05) is 30.3 Å². The molecule has 0 amide bonds. The van der Waals surface area contributed by atoms with Gasteiger partial charge in [-0.25, -0.2) is 0 Å². The Labute approximate surface area is 106 Å². The van der Waals surface area contributed by atoms with E-state index in [1.54, 1.807) is 4.90 Å². The van der Waals surface area contributed by atoms with Gasteiger partial charge < -0.3 is 5.11 Å². The molecular weight excluding hydrogens is 230 g/mol. The number of benzene rings is 1. The van der Waals surface area contributed by atoms with Crippen molar-refractivity contribution in [3.05, 3.63) is 35.9 Å². The van der Waals surface area contributed by atoms with Gasteiger partial charge in [0.05, 0.1) is 5.92 Å². The van der Waals surface area contributed by atoms with Crippen LogP contribution in [0.25, 0.3) is 0 Å². The monoisotopic (exact) mass is 247 g/mol. The quantitative estimate of drug-likeness (QED) is 0.809. The molecule has 3 unspecified atom stereocenters. The van der Waals surface area contributed by atoms with Crippen molar-refractivity contribution in [1.29, 1.82) is 0 Å². The van der Waals surface area contributed by atoms with Gasteiger partial charge in [-0.05, 0) is 19.4 Å². The molecule has 1 fully saturated rings. The van der Waals surface area contributed by atoms with Gasteiger partial charge >= 0.3 is 0 Å². The van der Waals surface area contributed by atoms with Crippen molar-refractivity contribution < 1.29 is 14.7 Å². The average molecular weight is 247 g/mol. The minimum absolute atomic E-state index is 0.179. The van der Waals surface area contributed by atoms with Crippen LogP contribution in [0.1, 0.15) is 19.4 Å². The Bertz CT molecular complexity index is 457. The van der Waals surface area contributed by atoms with E-state index >= 15 is 0 Å². The normalized spacial score (nSPS) is 28.6. The first kappa shape index (κ1) is 12.9. The molecule has 1 aliphatic heterocycles. The van der Waals surface area contributed by atoms with E-state index in [2.05, 4.69) is 0 Å². The Kier molecular flexibility index (Phi) is 3.59. The minimum Gasteiger partial charge on any atom is -0.371 e. The molecule has 0 saturated carbocycles. The zero-order chi connectivity index (χ0) is 13.3. The number of rotatable bonds is 3. The number of carbonyl (C=O) groups excluding carboxylic acids is 2. The van der Waals surface area contributed by atoms with Crippen molar-refractivity contribution in [3.8, 4) is 0 Å². The number of hydrogen-bond acceptors (Lipinski definition) is 4. The summed E-state index contributed by atoms with van der Waals surface area (Å²) in [6.45, 7) is 3.68. The van der Waals surface area contributed by atoms with Gasteiger partial charge in [0.2, 0.25) is 0 Å². The van der Waals surface area contributed by atoms with E-state index in [1.807, 2.05) is 37.3 Å². The fraction of sp³-hybridized carbons (Fsp3) is 0.429. The van der Waals surface area contributed by atoms with Crippen LogP contribution in [-0.4, -0.2) is 33.8 Å². The summed E-state index contributed by atoms with van der Waals surface area (Å²) in [5.41, 5.74) is 1.01. The summed E-state index contributed by atoms with van der Waals surface area (Å²) in [7, 11) is 0. The number of likely N-dealkylation sites (tertiary alicyclic amines) is 1. The first-order chi connectivity index (χ1) is 8.52. The van der Waals surface area contributed by atoms with Crippen LogP contribution >= 0.6 is 0 Å². The Morgan fingerprint density at radius 3 is 2.44 bits per heavy atom. The van der Waals surface area contributed by atoms with Gasteiger partial charge in [0.1, 0.15) is 5.78 Å². The van der Waals surface area contributed by atoms with E-state index in [9.17, 15) is 14.7 Å². The second kappa shape index (κ2) is 5.00. The molecule has 2 rings (SSSR count). The molecule has 1 aromatic carbocycles. The van der Waals surface area contributed by atoms with Crippen LogP contribution in [0.2, 0.25) is 0 Å². The first-order valence-electron chi connectivity index (χ1n) is 6.04. The molecule has 4 heteroatoms. The number of aliphatic hydroxyl groups excluding tert-OH is 1. The molecule has 0 bridgehead atoms. The molecule has 18 heavy (non-hydrogen) atoms. The number of ketones is 2. The van der Waals surface area contributed by atoms with Gasteiger partial charge in [0.15, 0.2) is 12.0 Å². The summed E-state index contributed by atoms with van der Waals surface area (Å²) in [5, 5.41) is 9.93. The lowest BCUT2D eigenvalue weighted by atomic mass is 9.96. The third-order valence-corrected chi connectivity index (χ3v) is 3.53. The number of Topliss-reactive ketones (excluding diaryl/α,β-unsaturated/α-hetero) is 2. The van der Waals surface area contributed by atoms with Gasteiger partial charge in [0.25, 0.3) is 0 Å². The maximum atomic E-state index is 11.8. The summed E-state index contributed by atoms with van der Waals surface area (Å²) < 4.78 is 0. The van der Waals surface area contributed by atoms with Crippen LogP contribution in [0.3, 0.4) is 0 Å². The minimum atomic E-state index is -1.17. The topological polar surface area (TPSA) is 57.6 Å². The molecule has 0 spiro atoms. The predicted octanol–water partition coefficient (Wildman–Crippen LogP) is 0.983. The summed E-state index contributed by atoms with van der Waals surface area (Å²) in [6, 6.07) is 9.34. The average Bonchev–Trinajstić information content (AvgIpc) is 2.55. The lowest BCUT2D eigenvalue weighted by molar-refractivity contribution is -0.135. The number of carbonyl (C=O) groups is 2. The standard InChI is InChI=1S/C14H17NO3/c1-9-12(10(2)16)13(17)14(18)15(9)8-11-6-4-3-5-7-11/h3-7,9,12,14,18H,8H2,1-2H3. The molecule has 1 heterocycles. The highest BCUT2D eigenvalue weighted by Gasteiger charge is 2.47. The van der Waals surface area contributed by atoms with Crippen LogP contribution in [0.4, 0.5) is 0 Å². The zero-order valence-electron chi connectivity index (χ0n) is 10.5. The van der Waals surface area contributed by atoms with Crippen LogP contribution in [-0.2, 0) is 16.1 Å². The molecule has 1 N–H and O–H groups in total. The highest BCUT2D eigenvalue weighted by Crippen LogP contribution is 2.27. The van der Waals surface area contributed by atoms with Crippen LogP contribution in [0.15, 0.2) is 30.3 Å².